The molecular formula is C14H26F3IN6O. The number of hydrogen-bond donors (Lipinski definition) is 2. The lowest BCUT2D eigenvalue weighted by Crippen LogP contribution is -2.39. The van der Waals surface area contributed by atoms with Crippen LogP contribution in [-0.2, 0) is 18.3 Å². The highest BCUT2D eigenvalue weighted by atomic mass is 127. The van der Waals surface area contributed by atoms with E-state index in [1.165, 1.54) is 0 Å². The highest BCUT2D eigenvalue weighted by Crippen LogP contribution is 2.18. The number of aromatic nitrogens is 3. The summed E-state index contributed by atoms with van der Waals surface area (Å²) in [6.45, 7) is 5.48. The fourth-order valence-electron chi connectivity index (χ4n) is 1.76. The summed E-state index contributed by atoms with van der Waals surface area (Å²) in [6, 6.07) is 0. The lowest BCUT2D eigenvalue weighted by atomic mass is 10.4. The second-order valence-electron chi connectivity index (χ2n) is 5.16. The molecule has 1 aromatic rings. The highest BCUT2D eigenvalue weighted by Gasteiger charge is 2.26. The molecule has 7 nitrogen and oxygen atoms in total. The van der Waals surface area contributed by atoms with Gasteiger partial charge in [0.2, 0.25) is 0 Å². The largest absolute Gasteiger partial charge is 0.390 e. The summed E-state index contributed by atoms with van der Waals surface area (Å²) in [6.07, 6.45) is -4.39. The van der Waals surface area contributed by atoms with E-state index >= 15 is 0 Å². The van der Waals surface area contributed by atoms with Crippen LogP contribution in [0.3, 0.4) is 0 Å². The molecule has 0 fully saturated rings. The quantitative estimate of drug-likeness (QED) is 0.246. The molecule has 0 spiro atoms. The summed E-state index contributed by atoms with van der Waals surface area (Å²) >= 11 is 0. The van der Waals surface area contributed by atoms with E-state index in [4.69, 9.17) is 4.74 Å². The number of alkyl halides is 3. The average molecular weight is 478 g/mol. The lowest BCUT2D eigenvalue weighted by molar-refractivity contribution is -0.132. The second-order valence-corrected chi connectivity index (χ2v) is 5.16. The molecule has 0 atom stereocenters. The van der Waals surface area contributed by atoms with Crippen molar-refractivity contribution in [2.45, 2.75) is 39.4 Å². The predicted molar refractivity (Wildman–Crippen MR) is 100 cm³/mol. The van der Waals surface area contributed by atoms with Gasteiger partial charge in [0.25, 0.3) is 0 Å². The lowest BCUT2D eigenvalue weighted by Gasteiger charge is -2.13. The fraction of sp³-hybridized carbons (Fsp3) is 0.786. The van der Waals surface area contributed by atoms with Crippen molar-refractivity contribution >= 4 is 29.9 Å². The van der Waals surface area contributed by atoms with Crippen LogP contribution in [0.15, 0.2) is 4.99 Å². The van der Waals surface area contributed by atoms with Gasteiger partial charge in [0.1, 0.15) is 12.4 Å². The first kappa shape index (κ1) is 23.9. The Balaban J connectivity index is 0.00000576. The van der Waals surface area contributed by atoms with E-state index in [0.717, 1.165) is 12.2 Å². The van der Waals surface area contributed by atoms with E-state index in [2.05, 4.69) is 25.8 Å². The van der Waals surface area contributed by atoms with Crippen molar-refractivity contribution in [3.05, 3.63) is 11.6 Å². The van der Waals surface area contributed by atoms with Crippen LogP contribution in [0.25, 0.3) is 0 Å². The van der Waals surface area contributed by atoms with Crippen molar-refractivity contribution < 1.29 is 17.9 Å². The van der Waals surface area contributed by atoms with Crippen LogP contribution in [0, 0.1) is 6.92 Å². The minimum absolute atomic E-state index is 0. The van der Waals surface area contributed by atoms with Crippen molar-refractivity contribution in [3.8, 4) is 0 Å². The molecule has 25 heavy (non-hydrogen) atoms. The van der Waals surface area contributed by atoms with Gasteiger partial charge in [0.15, 0.2) is 11.8 Å². The van der Waals surface area contributed by atoms with E-state index in [9.17, 15) is 13.2 Å². The number of aliphatic imine (C=N–C) groups is 1. The van der Waals surface area contributed by atoms with Crippen LogP contribution in [0.2, 0.25) is 0 Å². The normalized spacial score (nSPS) is 12.0. The number of aryl methyl sites for hydroxylation is 1. The van der Waals surface area contributed by atoms with Gasteiger partial charge < -0.3 is 19.9 Å². The Labute approximate surface area is 162 Å². The Hall–Kier alpha value is -1.11. The molecule has 0 saturated carbocycles. The zero-order valence-electron chi connectivity index (χ0n) is 14.7. The third kappa shape index (κ3) is 10.5. The maximum atomic E-state index is 12.3. The number of hydrogen-bond acceptors (Lipinski definition) is 4. The predicted octanol–water partition coefficient (Wildman–Crippen LogP) is 2.16. The molecule has 2 N–H and O–H groups in total. The molecule has 146 valence electrons. The zero-order chi connectivity index (χ0) is 18.0. The van der Waals surface area contributed by atoms with Crippen LogP contribution in [-0.4, -0.2) is 53.2 Å². The van der Waals surface area contributed by atoms with Crippen molar-refractivity contribution in [2.75, 3.05) is 26.3 Å². The molecule has 11 heteroatoms. The molecule has 0 aliphatic heterocycles. The summed E-state index contributed by atoms with van der Waals surface area (Å²) in [5.41, 5.74) is 0. The van der Waals surface area contributed by atoms with Crippen LogP contribution in [0.5, 0.6) is 0 Å². The summed E-state index contributed by atoms with van der Waals surface area (Å²) in [4.78, 5) is 4.27. The van der Waals surface area contributed by atoms with Gasteiger partial charge in [-0.25, -0.2) is 4.99 Å². The Kier molecular flexibility index (Phi) is 11.7. The molecule has 1 heterocycles. The van der Waals surface area contributed by atoms with E-state index in [-0.39, 0.29) is 37.1 Å². The van der Waals surface area contributed by atoms with Crippen LogP contribution in [0.4, 0.5) is 13.2 Å². The molecule has 1 rings (SSSR count). The molecular weight excluding hydrogens is 452 g/mol. The number of rotatable bonds is 9. The topological polar surface area (TPSA) is 76.4 Å². The molecule has 0 aromatic carbocycles. The molecule has 0 aliphatic rings. The first-order valence-electron chi connectivity index (χ1n) is 7.85. The molecule has 0 amide bonds. The second kappa shape index (κ2) is 12.3. The molecule has 0 saturated heterocycles. The number of halogens is 4. The first-order chi connectivity index (χ1) is 11.3. The summed E-state index contributed by atoms with van der Waals surface area (Å²) in [5, 5.41) is 13.6. The maximum absolute atomic E-state index is 12.3. The van der Waals surface area contributed by atoms with Gasteiger partial charge in [0, 0.05) is 33.4 Å². The zero-order valence-corrected chi connectivity index (χ0v) is 17.0. The Morgan fingerprint density at radius 2 is 1.92 bits per heavy atom. The smallest absolute Gasteiger partial charge is 0.382 e. The minimum Gasteiger partial charge on any atom is -0.382 e. The van der Waals surface area contributed by atoms with Gasteiger partial charge in [-0.3, -0.25) is 0 Å². The monoisotopic (exact) mass is 478 g/mol. The van der Waals surface area contributed by atoms with Crippen LogP contribution < -0.4 is 10.6 Å². The maximum Gasteiger partial charge on any atom is 0.390 e. The minimum atomic E-state index is -4.20. The number of ether oxygens (including phenoxy) is 1. The Morgan fingerprint density at radius 1 is 1.24 bits per heavy atom. The van der Waals surface area contributed by atoms with Gasteiger partial charge in [0.05, 0.1) is 6.42 Å². The van der Waals surface area contributed by atoms with E-state index in [1.807, 2.05) is 20.9 Å². The van der Waals surface area contributed by atoms with Crippen LogP contribution in [0.1, 0.15) is 31.4 Å². The molecule has 0 aliphatic carbocycles. The van der Waals surface area contributed by atoms with E-state index < -0.39 is 12.6 Å². The van der Waals surface area contributed by atoms with E-state index in [0.29, 0.717) is 31.5 Å². The van der Waals surface area contributed by atoms with Crippen LogP contribution >= 0.6 is 24.0 Å². The van der Waals surface area contributed by atoms with E-state index in [1.54, 1.807) is 4.57 Å². The van der Waals surface area contributed by atoms with Gasteiger partial charge >= 0.3 is 6.18 Å². The van der Waals surface area contributed by atoms with Crippen molar-refractivity contribution in [1.29, 1.82) is 0 Å². The highest BCUT2D eigenvalue weighted by molar-refractivity contribution is 14.0. The molecule has 1 aromatic heterocycles. The average Bonchev–Trinajstić information content (AvgIpc) is 2.82. The van der Waals surface area contributed by atoms with Crippen molar-refractivity contribution in [1.82, 2.24) is 25.4 Å². The number of nitrogens with one attached hydrogen (secondary N) is 2. The van der Waals surface area contributed by atoms with Gasteiger partial charge in [-0.15, -0.1) is 34.2 Å². The van der Waals surface area contributed by atoms with Crippen molar-refractivity contribution in [2.24, 2.45) is 12.0 Å². The molecule has 0 unspecified atom stereocenters. The summed E-state index contributed by atoms with van der Waals surface area (Å²) in [5.74, 6) is 1.70. The number of guanidine groups is 1. The Morgan fingerprint density at radius 3 is 2.48 bits per heavy atom. The standard InChI is InChI=1S/C14H25F3N6O.HI/c1-4-24-9-5-7-18-13(19-8-6-14(15,16)17)20-10-12-22-21-11(2)23(12)3;/h4-10H2,1-3H3,(H2,18,19,20);1H. The number of nitrogens with zero attached hydrogens (tertiary/aromatic N) is 4. The SMILES string of the molecule is CCOCCCNC(=NCc1nnc(C)n1C)NCCC(F)(F)F.I. The van der Waals surface area contributed by atoms with Gasteiger partial charge in [-0.05, 0) is 20.3 Å². The molecule has 0 bridgehead atoms. The molecule has 0 radical (unpaired) electrons. The van der Waals surface area contributed by atoms with Gasteiger partial charge in [-0.2, -0.15) is 13.2 Å². The first-order valence-corrected chi connectivity index (χ1v) is 7.85. The third-order valence-electron chi connectivity index (χ3n) is 3.22. The third-order valence-corrected chi connectivity index (χ3v) is 3.22. The van der Waals surface area contributed by atoms with Gasteiger partial charge in [-0.1, -0.05) is 0 Å². The summed E-state index contributed by atoms with van der Waals surface area (Å²) in [7, 11) is 1.81. The fourth-order valence-corrected chi connectivity index (χ4v) is 1.76. The van der Waals surface area contributed by atoms with Crippen molar-refractivity contribution in [3.63, 3.8) is 0 Å². The Bertz CT molecular complexity index is 521. The summed E-state index contributed by atoms with van der Waals surface area (Å²) < 4.78 is 43.8.